The van der Waals surface area contributed by atoms with Gasteiger partial charge in [-0.05, 0) is 0 Å². The molecule has 1 heterocycles. The molecule has 3 nitrogen and oxygen atoms in total. The molecular weight excluding hydrogens is 162 g/mol. The zero-order valence-electron chi connectivity index (χ0n) is 5.94. The van der Waals surface area contributed by atoms with Crippen molar-refractivity contribution in [2.75, 3.05) is 0 Å². The Hall–Kier alpha value is -1.27. The van der Waals surface area contributed by atoms with Crippen molar-refractivity contribution < 1.29 is 17.0 Å². The Morgan fingerprint density at radius 3 is 2.91 bits per heavy atom. The van der Waals surface area contributed by atoms with Gasteiger partial charge in [0, 0.05) is 0 Å². The Kier molecular flexibility index (Phi) is 4.01. The number of hydrogen-bond acceptors (Lipinski definition) is 1. The molecule has 11 heavy (non-hydrogen) atoms. The second-order valence-corrected chi connectivity index (χ2v) is 1.87. The fourth-order valence-corrected chi connectivity index (χ4v) is 0.694. The standard InChI is InChI=1S/C7H8N3.ClH/c1-2-9-5-6-10(7-9)4-3-8;/h2,5-7H,1,4H2;1H/q+1;/p-1. The maximum absolute atomic E-state index is 8.30. The number of nitriles is 1. The van der Waals surface area contributed by atoms with E-state index >= 15 is 0 Å². The lowest BCUT2D eigenvalue weighted by atomic mass is 10.7. The van der Waals surface area contributed by atoms with Gasteiger partial charge in [0.25, 0.3) is 0 Å². The zero-order valence-corrected chi connectivity index (χ0v) is 6.70. The van der Waals surface area contributed by atoms with E-state index in [0.717, 1.165) is 0 Å². The number of halogens is 1. The largest absolute Gasteiger partial charge is 1.00 e. The molecule has 0 fully saturated rings. The van der Waals surface area contributed by atoms with Crippen LogP contribution in [-0.2, 0) is 6.54 Å². The van der Waals surface area contributed by atoms with E-state index in [-0.39, 0.29) is 12.4 Å². The van der Waals surface area contributed by atoms with Crippen molar-refractivity contribution in [3.05, 3.63) is 25.3 Å². The Morgan fingerprint density at radius 2 is 2.45 bits per heavy atom. The summed E-state index contributed by atoms with van der Waals surface area (Å²) < 4.78 is 3.57. The molecule has 0 aromatic carbocycles. The smallest absolute Gasteiger partial charge is 0.249 e. The number of imidazole rings is 1. The van der Waals surface area contributed by atoms with Crippen LogP contribution >= 0.6 is 0 Å². The van der Waals surface area contributed by atoms with Crippen LogP contribution in [0, 0.1) is 11.3 Å². The summed E-state index contributed by atoms with van der Waals surface area (Å²) in [6, 6.07) is 2.04. The van der Waals surface area contributed by atoms with Gasteiger partial charge in [0.1, 0.15) is 18.5 Å². The molecule has 58 valence electrons. The molecule has 0 spiro atoms. The van der Waals surface area contributed by atoms with Gasteiger partial charge in [-0.3, -0.25) is 0 Å². The summed E-state index contributed by atoms with van der Waals surface area (Å²) in [6.45, 7) is 3.96. The van der Waals surface area contributed by atoms with Crippen molar-refractivity contribution in [1.29, 1.82) is 5.26 Å². The highest BCUT2D eigenvalue weighted by molar-refractivity contribution is 5.13. The molecule has 0 aliphatic rings. The molecular formula is C7H8ClN3. The van der Waals surface area contributed by atoms with Gasteiger partial charge < -0.3 is 12.4 Å². The first-order valence-electron chi connectivity index (χ1n) is 2.93. The summed E-state index contributed by atoms with van der Waals surface area (Å²) in [5.74, 6) is 0. The molecule has 0 unspecified atom stereocenters. The van der Waals surface area contributed by atoms with E-state index in [2.05, 4.69) is 6.58 Å². The van der Waals surface area contributed by atoms with Crippen LogP contribution in [0.5, 0.6) is 0 Å². The Bertz CT molecular complexity index is 271. The fraction of sp³-hybridized carbons (Fsp3) is 0.143. The summed E-state index contributed by atoms with van der Waals surface area (Å²) in [5.41, 5.74) is 0. The van der Waals surface area contributed by atoms with E-state index in [0.29, 0.717) is 6.54 Å². The normalized spacial score (nSPS) is 7.91. The molecule has 0 N–H and O–H groups in total. The minimum atomic E-state index is 0. The van der Waals surface area contributed by atoms with Crippen molar-refractivity contribution in [2.24, 2.45) is 0 Å². The van der Waals surface area contributed by atoms with Crippen molar-refractivity contribution in [2.45, 2.75) is 6.54 Å². The quantitative estimate of drug-likeness (QED) is 0.447. The average molecular weight is 170 g/mol. The maximum Gasteiger partial charge on any atom is 0.249 e. The average Bonchev–Trinajstić information content (AvgIpc) is 2.37. The lowest BCUT2D eigenvalue weighted by molar-refractivity contribution is -0.684. The van der Waals surface area contributed by atoms with Crippen LogP contribution in [0.4, 0.5) is 0 Å². The van der Waals surface area contributed by atoms with Gasteiger partial charge >= 0.3 is 0 Å². The summed E-state index contributed by atoms with van der Waals surface area (Å²) in [5, 5.41) is 8.30. The van der Waals surface area contributed by atoms with Crippen molar-refractivity contribution >= 4 is 6.20 Å². The highest BCUT2D eigenvalue weighted by atomic mass is 35.5. The summed E-state index contributed by atoms with van der Waals surface area (Å²) in [4.78, 5) is 0. The van der Waals surface area contributed by atoms with E-state index in [4.69, 9.17) is 5.26 Å². The van der Waals surface area contributed by atoms with Gasteiger partial charge in [0.15, 0.2) is 6.54 Å². The first-order chi connectivity index (χ1) is 4.86. The zero-order chi connectivity index (χ0) is 7.40. The molecule has 4 heteroatoms. The van der Waals surface area contributed by atoms with Gasteiger partial charge in [-0.2, -0.15) is 5.26 Å². The topological polar surface area (TPSA) is 32.6 Å². The van der Waals surface area contributed by atoms with Gasteiger partial charge in [-0.25, -0.2) is 9.13 Å². The Balaban J connectivity index is 0.000001000. The van der Waals surface area contributed by atoms with Gasteiger partial charge in [-0.15, -0.1) is 0 Å². The second-order valence-electron chi connectivity index (χ2n) is 1.87. The van der Waals surface area contributed by atoms with Crippen LogP contribution in [0.2, 0.25) is 0 Å². The number of aromatic nitrogens is 2. The fourth-order valence-electron chi connectivity index (χ4n) is 0.694. The van der Waals surface area contributed by atoms with Gasteiger partial charge in [-0.1, -0.05) is 6.58 Å². The van der Waals surface area contributed by atoms with Gasteiger partial charge in [0.05, 0.1) is 6.20 Å². The third-order valence-corrected chi connectivity index (χ3v) is 1.18. The first kappa shape index (κ1) is 9.73. The van der Waals surface area contributed by atoms with Crippen LogP contribution in [0.25, 0.3) is 6.20 Å². The lowest BCUT2D eigenvalue weighted by Crippen LogP contribution is -3.00. The van der Waals surface area contributed by atoms with E-state index in [1.54, 1.807) is 21.7 Å². The number of nitrogens with zero attached hydrogens (tertiary/aromatic N) is 3. The Labute approximate surface area is 71.6 Å². The summed E-state index contributed by atoms with van der Waals surface area (Å²) in [6.07, 6.45) is 7.14. The van der Waals surface area contributed by atoms with Crippen LogP contribution < -0.4 is 17.0 Å². The molecule has 0 atom stereocenters. The van der Waals surface area contributed by atoms with Crippen LogP contribution in [0.3, 0.4) is 0 Å². The molecule has 1 rings (SSSR count). The number of rotatable bonds is 2. The van der Waals surface area contributed by atoms with Gasteiger partial charge in [0.2, 0.25) is 6.33 Å². The molecule has 0 aliphatic carbocycles. The van der Waals surface area contributed by atoms with E-state index in [1.807, 2.05) is 18.5 Å². The van der Waals surface area contributed by atoms with Crippen molar-refractivity contribution in [3.8, 4) is 6.07 Å². The minimum Gasteiger partial charge on any atom is -1.00 e. The van der Waals surface area contributed by atoms with E-state index in [9.17, 15) is 0 Å². The van der Waals surface area contributed by atoms with Crippen LogP contribution in [-0.4, -0.2) is 4.57 Å². The second kappa shape index (κ2) is 4.53. The summed E-state index contributed by atoms with van der Waals surface area (Å²) >= 11 is 0. The first-order valence-corrected chi connectivity index (χ1v) is 2.93. The SMILES string of the molecule is C=Cn1cc[n+](CC#N)c1.[Cl-]. The van der Waals surface area contributed by atoms with Crippen LogP contribution in [0.1, 0.15) is 0 Å². The molecule has 1 aromatic rings. The predicted octanol–water partition coefficient (Wildman–Crippen LogP) is -2.60. The third kappa shape index (κ3) is 2.44. The third-order valence-electron chi connectivity index (χ3n) is 1.18. The van der Waals surface area contributed by atoms with E-state index < -0.39 is 0 Å². The van der Waals surface area contributed by atoms with Crippen molar-refractivity contribution in [3.63, 3.8) is 0 Å². The van der Waals surface area contributed by atoms with E-state index in [1.165, 1.54) is 0 Å². The highest BCUT2D eigenvalue weighted by Gasteiger charge is 1.96. The van der Waals surface area contributed by atoms with Crippen molar-refractivity contribution in [1.82, 2.24) is 4.57 Å². The predicted molar refractivity (Wildman–Crippen MR) is 36.6 cm³/mol. The summed E-state index contributed by atoms with van der Waals surface area (Å²) in [7, 11) is 0. The molecule has 0 bridgehead atoms. The molecule has 0 radical (unpaired) electrons. The minimum absolute atomic E-state index is 0. The molecule has 0 saturated heterocycles. The monoisotopic (exact) mass is 169 g/mol. The maximum atomic E-state index is 8.30. The molecule has 0 amide bonds. The molecule has 0 saturated carbocycles. The lowest BCUT2D eigenvalue weighted by Gasteiger charge is -1.80. The number of hydrogen-bond donors (Lipinski definition) is 0. The Morgan fingerprint density at radius 1 is 1.73 bits per heavy atom. The van der Waals surface area contributed by atoms with Crippen LogP contribution in [0.15, 0.2) is 25.3 Å². The molecule has 0 aliphatic heterocycles. The highest BCUT2D eigenvalue weighted by Crippen LogP contribution is 1.81. The molecule has 1 aromatic heterocycles.